The number of rotatable bonds is 16. The van der Waals surface area contributed by atoms with Crippen molar-refractivity contribution in [1.82, 2.24) is 5.32 Å². The highest BCUT2D eigenvalue weighted by molar-refractivity contribution is 5.48. The molecule has 0 radical (unpaired) electrons. The fraction of sp³-hybridized carbons (Fsp3) is 0.265. The van der Waals surface area contributed by atoms with Gasteiger partial charge >= 0.3 is 0 Å². The largest absolute Gasteiger partial charge is 0.497 e. The summed E-state index contributed by atoms with van der Waals surface area (Å²) in [4.78, 5) is 0. The monoisotopic (exact) mass is 765 g/mol. The van der Waals surface area contributed by atoms with E-state index in [0.717, 1.165) is 11.1 Å². The summed E-state index contributed by atoms with van der Waals surface area (Å²) >= 11 is 0. The molecule has 6 aromatic rings. The van der Waals surface area contributed by atoms with Gasteiger partial charge in [-0.15, -0.1) is 0 Å². The Morgan fingerprint density at radius 1 is 0.474 bits per heavy atom. The van der Waals surface area contributed by atoms with E-state index in [9.17, 15) is 10.2 Å². The lowest BCUT2D eigenvalue weighted by Crippen LogP contribution is -2.59. The number of benzene rings is 6. The molecular weight excluding hydrogens is 715 g/mol. The third-order valence-corrected chi connectivity index (χ3v) is 11.4. The lowest BCUT2D eigenvalue weighted by atomic mass is 9.71. The van der Waals surface area contributed by atoms with Gasteiger partial charge in [-0.05, 0) is 108 Å². The van der Waals surface area contributed by atoms with Crippen LogP contribution in [0.15, 0.2) is 158 Å². The van der Waals surface area contributed by atoms with E-state index in [2.05, 4.69) is 29.6 Å². The van der Waals surface area contributed by atoms with Crippen LogP contribution in [0, 0.1) is 0 Å². The van der Waals surface area contributed by atoms with Crippen LogP contribution in [-0.2, 0) is 28.8 Å². The van der Waals surface area contributed by atoms with Gasteiger partial charge in [0.25, 0.3) is 0 Å². The summed E-state index contributed by atoms with van der Waals surface area (Å²) in [5.41, 5.74) is 0.0358. The van der Waals surface area contributed by atoms with E-state index < -0.39 is 29.1 Å². The topological polar surface area (TPSA) is 98.6 Å². The van der Waals surface area contributed by atoms with Gasteiger partial charge in [-0.3, -0.25) is 5.32 Å². The number of hydrogen-bond donors (Lipinski definition) is 3. The van der Waals surface area contributed by atoms with E-state index in [1.165, 1.54) is 0 Å². The van der Waals surface area contributed by atoms with Gasteiger partial charge in [0.2, 0.25) is 0 Å². The van der Waals surface area contributed by atoms with Crippen LogP contribution in [0.2, 0.25) is 0 Å². The molecule has 8 nitrogen and oxygen atoms in total. The summed E-state index contributed by atoms with van der Waals surface area (Å²) in [6.07, 6.45) is 1.42. The second-order valence-corrected chi connectivity index (χ2v) is 14.6. The van der Waals surface area contributed by atoms with Crippen LogP contribution in [0.4, 0.5) is 0 Å². The lowest BCUT2D eigenvalue weighted by molar-refractivity contribution is -0.142. The smallest absolute Gasteiger partial charge is 0.142 e. The van der Waals surface area contributed by atoms with Crippen molar-refractivity contribution in [2.75, 3.05) is 28.4 Å². The van der Waals surface area contributed by atoms with Crippen molar-refractivity contribution in [3.63, 3.8) is 0 Å². The molecule has 7 rings (SSSR count). The number of hydrogen-bond acceptors (Lipinski definition) is 8. The molecule has 0 aromatic heterocycles. The molecule has 1 heterocycles. The summed E-state index contributed by atoms with van der Waals surface area (Å²) in [5.74, 6) is 2.59. The summed E-state index contributed by atoms with van der Waals surface area (Å²) in [6.45, 7) is 0. The fourth-order valence-electron chi connectivity index (χ4n) is 8.12. The summed E-state index contributed by atoms with van der Waals surface area (Å²) < 4.78 is 29.7. The maximum Gasteiger partial charge on any atom is 0.142 e. The van der Waals surface area contributed by atoms with Gasteiger partial charge in [0.1, 0.15) is 46.0 Å². The van der Waals surface area contributed by atoms with Gasteiger partial charge in [0.05, 0.1) is 34.5 Å². The molecule has 0 aliphatic carbocycles. The van der Waals surface area contributed by atoms with Crippen molar-refractivity contribution < 1.29 is 33.9 Å². The quantitative estimate of drug-likeness (QED) is 0.0908. The minimum absolute atomic E-state index is 0.555. The molecule has 2 atom stereocenters. The zero-order chi connectivity index (χ0) is 39.9. The van der Waals surface area contributed by atoms with E-state index in [1.54, 1.807) is 28.4 Å². The average molecular weight is 766 g/mol. The third kappa shape index (κ3) is 8.13. The molecule has 0 amide bonds. The Bertz CT molecular complexity index is 1900. The predicted molar refractivity (Wildman–Crippen MR) is 222 cm³/mol. The number of ether oxygens (including phenoxy) is 5. The Labute approximate surface area is 335 Å². The van der Waals surface area contributed by atoms with Crippen LogP contribution in [-0.4, -0.2) is 56.5 Å². The Morgan fingerprint density at radius 2 is 0.789 bits per heavy atom. The first-order valence-electron chi connectivity index (χ1n) is 19.3. The zero-order valence-electron chi connectivity index (χ0n) is 32.9. The van der Waals surface area contributed by atoms with Gasteiger partial charge in [-0.1, -0.05) is 109 Å². The van der Waals surface area contributed by atoms with Crippen molar-refractivity contribution >= 4 is 0 Å². The van der Waals surface area contributed by atoms with Crippen molar-refractivity contribution in [2.45, 2.75) is 54.8 Å². The normalized spacial score (nSPS) is 16.5. The molecule has 0 spiro atoms. The van der Waals surface area contributed by atoms with Gasteiger partial charge in [-0.2, -0.15) is 0 Å². The van der Waals surface area contributed by atoms with Gasteiger partial charge in [0.15, 0.2) is 0 Å². The molecule has 1 aliphatic rings. The second kappa shape index (κ2) is 17.2. The first kappa shape index (κ1) is 39.6. The van der Waals surface area contributed by atoms with Crippen LogP contribution in [0.3, 0.4) is 0 Å². The molecule has 8 heteroatoms. The molecular formula is C49H51NO7. The Kier molecular flexibility index (Phi) is 12.0. The van der Waals surface area contributed by atoms with E-state index in [-0.39, 0.29) is 0 Å². The summed E-state index contributed by atoms with van der Waals surface area (Å²) in [7, 11) is 6.46. The summed E-state index contributed by atoms with van der Waals surface area (Å²) in [5, 5.41) is 31.5. The molecule has 6 aromatic carbocycles. The van der Waals surface area contributed by atoms with Crippen molar-refractivity contribution in [2.24, 2.45) is 0 Å². The SMILES string of the molecule is COc1ccc(C(O)(c2ccc(OC)cc2)[C@@H]2NC(CCc3ccccc3)(CCc3ccccc3)O[C@H]2C(O)(c2ccc(OC)cc2)c2ccc(OC)cc2)cc1. The molecule has 1 fully saturated rings. The van der Waals surface area contributed by atoms with Crippen molar-refractivity contribution in [1.29, 1.82) is 0 Å². The van der Waals surface area contributed by atoms with E-state index in [1.807, 2.05) is 133 Å². The molecule has 1 aliphatic heterocycles. The molecule has 0 unspecified atom stereocenters. The number of aliphatic hydroxyl groups is 2. The van der Waals surface area contributed by atoms with Crippen LogP contribution >= 0.6 is 0 Å². The number of nitrogens with one attached hydrogen (secondary N) is 1. The highest BCUT2D eigenvalue weighted by Crippen LogP contribution is 2.50. The van der Waals surface area contributed by atoms with Crippen LogP contribution in [0.25, 0.3) is 0 Å². The maximum absolute atomic E-state index is 13.8. The van der Waals surface area contributed by atoms with E-state index in [4.69, 9.17) is 23.7 Å². The van der Waals surface area contributed by atoms with Crippen molar-refractivity contribution in [3.05, 3.63) is 191 Å². The predicted octanol–water partition coefficient (Wildman–Crippen LogP) is 8.21. The molecule has 0 saturated carbocycles. The van der Waals surface area contributed by atoms with Gasteiger partial charge in [-0.25, -0.2) is 0 Å². The fourth-order valence-corrected chi connectivity index (χ4v) is 8.12. The third-order valence-electron chi connectivity index (χ3n) is 11.4. The standard InChI is InChI=1S/C49H51NO7/c1-53-41-23-15-37(16-24-41)48(51,38-17-25-42(54-2)26-18-38)45-46(49(52,39-19-27-43(55-3)28-20-39)40-21-29-44(56-4)30-22-40)57-47(50-45,33-31-35-11-7-5-8-12-35)34-32-36-13-9-6-10-14-36/h5-30,45-46,50-52H,31-34H2,1-4H3/t45-,46-/m1/s1. The molecule has 57 heavy (non-hydrogen) atoms. The Hall–Kier alpha value is -5.64. The van der Waals surface area contributed by atoms with E-state index in [0.29, 0.717) is 70.9 Å². The van der Waals surface area contributed by atoms with Crippen LogP contribution in [0.1, 0.15) is 46.2 Å². The minimum Gasteiger partial charge on any atom is -0.497 e. The molecule has 294 valence electrons. The van der Waals surface area contributed by atoms with E-state index >= 15 is 0 Å². The Morgan fingerprint density at radius 3 is 1.11 bits per heavy atom. The number of methoxy groups -OCH3 is 4. The highest BCUT2D eigenvalue weighted by Gasteiger charge is 2.61. The first-order chi connectivity index (χ1) is 27.7. The molecule has 3 N–H and O–H groups in total. The maximum atomic E-state index is 13.8. The lowest BCUT2D eigenvalue weighted by Gasteiger charge is -2.43. The second-order valence-electron chi connectivity index (χ2n) is 14.6. The first-order valence-corrected chi connectivity index (χ1v) is 19.3. The van der Waals surface area contributed by atoms with Crippen LogP contribution in [0.5, 0.6) is 23.0 Å². The van der Waals surface area contributed by atoms with Gasteiger partial charge < -0.3 is 33.9 Å². The average Bonchev–Trinajstić information content (AvgIpc) is 3.69. The number of aryl methyl sites for hydroxylation is 2. The minimum atomic E-state index is -1.82. The highest BCUT2D eigenvalue weighted by atomic mass is 16.6. The molecule has 0 bridgehead atoms. The van der Waals surface area contributed by atoms with Crippen LogP contribution < -0.4 is 24.3 Å². The van der Waals surface area contributed by atoms with Crippen molar-refractivity contribution in [3.8, 4) is 23.0 Å². The summed E-state index contributed by atoms with van der Waals surface area (Å²) in [6, 6.07) is 49.3. The molecule has 1 saturated heterocycles. The Balaban J connectivity index is 1.47. The van der Waals surface area contributed by atoms with Gasteiger partial charge in [0, 0.05) is 0 Å². The zero-order valence-corrected chi connectivity index (χ0v) is 32.9.